The lowest BCUT2D eigenvalue weighted by Crippen LogP contribution is -2.19. The Labute approximate surface area is 95.3 Å². The fourth-order valence-electron chi connectivity index (χ4n) is 1.20. The number of methoxy groups -OCH3 is 1. The van der Waals surface area contributed by atoms with E-state index in [1.807, 2.05) is 0 Å². The summed E-state index contributed by atoms with van der Waals surface area (Å²) in [7, 11) is 1.68. The Kier molecular flexibility index (Phi) is 4.59. The van der Waals surface area contributed by atoms with Gasteiger partial charge >= 0.3 is 0 Å². The maximum absolute atomic E-state index is 5.36. The van der Waals surface area contributed by atoms with E-state index >= 15 is 0 Å². The molecule has 0 fully saturated rings. The molecule has 1 aromatic rings. The van der Waals surface area contributed by atoms with Gasteiger partial charge in [0, 0.05) is 17.7 Å². The Balaban J connectivity index is 2.73. The number of hydrogen-bond acceptors (Lipinski definition) is 3. The van der Waals surface area contributed by atoms with Crippen LogP contribution in [0.1, 0.15) is 22.9 Å². The van der Waals surface area contributed by atoms with Crippen LogP contribution in [-0.4, -0.2) is 7.11 Å². The molecule has 1 rings (SSSR count). The second-order valence-electron chi connectivity index (χ2n) is 3.15. The van der Waals surface area contributed by atoms with Gasteiger partial charge in [-0.3, -0.25) is 0 Å². The van der Waals surface area contributed by atoms with Crippen molar-refractivity contribution >= 4 is 11.3 Å². The molecule has 0 bridgehead atoms. The highest BCUT2D eigenvalue weighted by Crippen LogP contribution is 2.24. The Bertz CT molecular complexity index is 343. The van der Waals surface area contributed by atoms with Crippen molar-refractivity contribution in [3.8, 4) is 0 Å². The molecule has 1 aromatic heterocycles. The monoisotopic (exact) mass is 223 g/mol. The van der Waals surface area contributed by atoms with E-state index in [9.17, 15) is 0 Å². The van der Waals surface area contributed by atoms with Gasteiger partial charge in [0.15, 0.2) is 6.23 Å². The van der Waals surface area contributed by atoms with Gasteiger partial charge in [-0.2, -0.15) is 0 Å². The molecular weight excluding hydrogens is 206 g/mol. The lowest BCUT2D eigenvalue weighted by atomic mass is 10.3. The highest BCUT2D eigenvalue weighted by molar-refractivity contribution is 7.12. The summed E-state index contributed by atoms with van der Waals surface area (Å²) in [6, 6.07) is 4.21. The van der Waals surface area contributed by atoms with Crippen LogP contribution in [0, 0.1) is 0 Å². The van der Waals surface area contributed by atoms with E-state index in [1.165, 1.54) is 4.88 Å². The maximum atomic E-state index is 5.36. The average Bonchev–Trinajstić information content (AvgIpc) is 2.73. The molecule has 0 aliphatic carbocycles. The lowest BCUT2D eigenvalue weighted by molar-refractivity contribution is 0.0868. The summed E-state index contributed by atoms with van der Waals surface area (Å²) in [4.78, 5) is 2.52. The summed E-state index contributed by atoms with van der Waals surface area (Å²) in [5, 5.41) is 3.15. The molecule has 1 N–H and O–H groups in total. The molecule has 1 atom stereocenters. The van der Waals surface area contributed by atoms with Gasteiger partial charge in [0.05, 0.1) is 4.88 Å². The van der Waals surface area contributed by atoms with Crippen LogP contribution in [0.3, 0.4) is 0 Å². The smallest absolute Gasteiger partial charge is 0.162 e. The van der Waals surface area contributed by atoms with E-state index in [0.29, 0.717) is 0 Å². The Morgan fingerprint density at radius 1 is 1.67 bits per heavy atom. The molecule has 0 aliphatic rings. The highest BCUT2D eigenvalue weighted by Gasteiger charge is 2.11. The summed E-state index contributed by atoms with van der Waals surface area (Å²) >= 11 is 1.76. The second kappa shape index (κ2) is 5.73. The van der Waals surface area contributed by atoms with Crippen LogP contribution in [0.5, 0.6) is 0 Å². The van der Waals surface area contributed by atoms with Crippen molar-refractivity contribution in [3.63, 3.8) is 0 Å². The zero-order valence-corrected chi connectivity index (χ0v) is 10.1. The van der Waals surface area contributed by atoms with E-state index in [2.05, 4.69) is 37.5 Å². The average molecular weight is 223 g/mol. The first-order chi connectivity index (χ1) is 7.21. The van der Waals surface area contributed by atoms with Crippen molar-refractivity contribution in [1.29, 1.82) is 0 Å². The summed E-state index contributed by atoms with van der Waals surface area (Å²) in [6.45, 7) is 9.60. The van der Waals surface area contributed by atoms with Crippen molar-refractivity contribution < 1.29 is 4.74 Å². The minimum absolute atomic E-state index is 0.124. The Morgan fingerprint density at radius 2 is 2.40 bits per heavy atom. The summed E-state index contributed by atoms with van der Waals surface area (Å²) in [6.07, 6.45) is 2.62. The molecule has 0 spiro atoms. The fraction of sp³-hybridized carbons (Fsp3) is 0.333. The van der Waals surface area contributed by atoms with Gasteiger partial charge in [-0.05, 0) is 24.6 Å². The maximum Gasteiger partial charge on any atom is 0.162 e. The van der Waals surface area contributed by atoms with Crippen LogP contribution >= 0.6 is 11.3 Å². The van der Waals surface area contributed by atoms with E-state index in [1.54, 1.807) is 24.5 Å². The van der Waals surface area contributed by atoms with Crippen molar-refractivity contribution in [3.05, 3.63) is 46.8 Å². The first kappa shape index (κ1) is 12.0. The number of allylic oxidation sites excluding steroid dienone is 1. The standard InChI is InChI=1S/C12H17NOS/c1-5-9(3)13-12(14-4)11-8-7-10(6-2)15-11/h5,7-8,12-13H,1,3,6H2,2,4H3. The number of aryl methyl sites for hydroxylation is 1. The summed E-state index contributed by atoms with van der Waals surface area (Å²) < 4.78 is 5.36. The van der Waals surface area contributed by atoms with Gasteiger partial charge < -0.3 is 10.1 Å². The van der Waals surface area contributed by atoms with Gasteiger partial charge in [-0.25, -0.2) is 0 Å². The Morgan fingerprint density at radius 3 is 2.87 bits per heavy atom. The number of ether oxygens (including phenoxy) is 1. The minimum atomic E-state index is -0.124. The molecule has 2 nitrogen and oxygen atoms in total. The van der Waals surface area contributed by atoms with Crippen LogP contribution in [-0.2, 0) is 11.2 Å². The van der Waals surface area contributed by atoms with E-state index < -0.39 is 0 Å². The van der Waals surface area contributed by atoms with Crippen LogP contribution in [0.4, 0.5) is 0 Å². The molecular formula is C12H17NOS. The predicted octanol–water partition coefficient (Wildman–Crippen LogP) is 3.24. The van der Waals surface area contributed by atoms with Crippen molar-refractivity contribution in [2.75, 3.05) is 7.11 Å². The van der Waals surface area contributed by atoms with Crippen molar-refractivity contribution in [2.24, 2.45) is 0 Å². The lowest BCUT2D eigenvalue weighted by Gasteiger charge is -2.16. The van der Waals surface area contributed by atoms with Gasteiger partial charge in [0.2, 0.25) is 0 Å². The van der Waals surface area contributed by atoms with E-state index in [0.717, 1.165) is 17.0 Å². The van der Waals surface area contributed by atoms with Crippen molar-refractivity contribution in [2.45, 2.75) is 19.6 Å². The third-order valence-corrected chi connectivity index (χ3v) is 3.36. The number of rotatable bonds is 6. The molecule has 82 valence electrons. The zero-order chi connectivity index (χ0) is 11.3. The van der Waals surface area contributed by atoms with Crippen molar-refractivity contribution in [1.82, 2.24) is 5.32 Å². The normalized spacial score (nSPS) is 12.1. The molecule has 0 aliphatic heterocycles. The summed E-state index contributed by atoms with van der Waals surface area (Å²) in [5.41, 5.74) is 0.772. The second-order valence-corrected chi connectivity index (χ2v) is 4.35. The third-order valence-electron chi connectivity index (χ3n) is 2.09. The first-order valence-corrected chi connectivity index (χ1v) is 5.72. The number of thiophene rings is 1. The predicted molar refractivity (Wildman–Crippen MR) is 65.9 cm³/mol. The third kappa shape index (κ3) is 3.22. The molecule has 1 heterocycles. The Hall–Kier alpha value is -1.06. The molecule has 0 saturated carbocycles. The molecule has 15 heavy (non-hydrogen) atoms. The molecule has 3 heteroatoms. The van der Waals surface area contributed by atoms with Crippen LogP contribution in [0.2, 0.25) is 0 Å². The molecule has 0 amide bonds. The quantitative estimate of drug-likeness (QED) is 0.590. The first-order valence-electron chi connectivity index (χ1n) is 4.90. The van der Waals surface area contributed by atoms with Crippen LogP contribution in [0.15, 0.2) is 37.1 Å². The van der Waals surface area contributed by atoms with E-state index in [4.69, 9.17) is 4.74 Å². The minimum Gasteiger partial charge on any atom is -0.357 e. The molecule has 0 aromatic carbocycles. The van der Waals surface area contributed by atoms with Crippen LogP contribution in [0.25, 0.3) is 0 Å². The van der Waals surface area contributed by atoms with Gasteiger partial charge in [0.1, 0.15) is 0 Å². The van der Waals surface area contributed by atoms with Gasteiger partial charge in [0.25, 0.3) is 0 Å². The number of hydrogen-bond donors (Lipinski definition) is 1. The molecule has 0 saturated heterocycles. The van der Waals surface area contributed by atoms with Gasteiger partial charge in [-0.1, -0.05) is 20.1 Å². The zero-order valence-electron chi connectivity index (χ0n) is 9.25. The largest absolute Gasteiger partial charge is 0.357 e. The van der Waals surface area contributed by atoms with Gasteiger partial charge in [-0.15, -0.1) is 11.3 Å². The highest BCUT2D eigenvalue weighted by atomic mass is 32.1. The number of nitrogens with one attached hydrogen (secondary N) is 1. The SMILES string of the molecule is C=CC(=C)NC(OC)c1ccc(CC)s1. The fourth-order valence-corrected chi connectivity index (χ4v) is 2.18. The van der Waals surface area contributed by atoms with E-state index in [-0.39, 0.29) is 6.23 Å². The van der Waals surface area contributed by atoms with Crippen LogP contribution < -0.4 is 5.32 Å². The molecule has 1 unspecified atom stereocenters. The topological polar surface area (TPSA) is 21.3 Å². The molecule has 0 radical (unpaired) electrons. The summed E-state index contributed by atoms with van der Waals surface area (Å²) in [5.74, 6) is 0.